The molecule has 0 saturated heterocycles. The van der Waals surface area contributed by atoms with Crippen molar-refractivity contribution < 1.29 is 0 Å². The lowest BCUT2D eigenvalue weighted by Crippen LogP contribution is -2.58. The first-order chi connectivity index (χ1) is 8.43. The van der Waals surface area contributed by atoms with Gasteiger partial charge in [0.2, 0.25) is 0 Å². The Morgan fingerprint density at radius 3 is 2.33 bits per heavy atom. The maximum absolute atomic E-state index is 7.03. The standard InChI is InChI=1S/C17H33N/c1-12(2)16-9-8-14(4)11-17(16,18)15-7-5-6-13(3)10-15/h12-16H,5-11,18H2,1-4H3. The number of hydrogen-bond donors (Lipinski definition) is 1. The Morgan fingerprint density at radius 2 is 1.72 bits per heavy atom. The maximum Gasteiger partial charge on any atom is 0.0216 e. The minimum Gasteiger partial charge on any atom is -0.325 e. The van der Waals surface area contributed by atoms with E-state index < -0.39 is 0 Å². The summed E-state index contributed by atoms with van der Waals surface area (Å²) in [6.45, 7) is 9.60. The van der Waals surface area contributed by atoms with E-state index in [0.29, 0.717) is 0 Å². The van der Waals surface area contributed by atoms with Gasteiger partial charge >= 0.3 is 0 Å². The van der Waals surface area contributed by atoms with Crippen LogP contribution in [0.4, 0.5) is 0 Å². The first-order valence-electron chi connectivity index (χ1n) is 8.22. The van der Waals surface area contributed by atoms with Gasteiger partial charge in [-0.3, -0.25) is 0 Å². The highest BCUT2D eigenvalue weighted by molar-refractivity contribution is 5.02. The third kappa shape index (κ3) is 2.76. The predicted molar refractivity (Wildman–Crippen MR) is 79.4 cm³/mol. The van der Waals surface area contributed by atoms with Crippen LogP contribution in [0.2, 0.25) is 0 Å². The van der Waals surface area contributed by atoms with E-state index in [1.165, 1.54) is 44.9 Å². The van der Waals surface area contributed by atoms with Crippen LogP contribution in [0, 0.1) is 29.6 Å². The maximum atomic E-state index is 7.03. The third-order valence-corrected chi connectivity index (χ3v) is 5.86. The Hall–Kier alpha value is -0.0400. The molecule has 0 aromatic rings. The topological polar surface area (TPSA) is 26.0 Å². The summed E-state index contributed by atoms with van der Waals surface area (Å²) in [5.74, 6) is 4.02. The van der Waals surface area contributed by atoms with E-state index in [2.05, 4.69) is 27.7 Å². The molecule has 0 amide bonds. The fraction of sp³-hybridized carbons (Fsp3) is 1.00. The number of nitrogens with two attached hydrogens (primary N) is 1. The Kier molecular flexibility index (Phi) is 4.41. The molecular weight excluding hydrogens is 218 g/mol. The highest BCUT2D eigenvalue weighted by atomic mass is 14.8. The summed E-state index contributed by atoms with van der Waals surface area (Å²) in [7, 11) is 0. The van der Waals surface area contributed by atoms with Gasteiger partial charge in [0.15, 0.2) is 0 Å². The second-order valence-electron chi connectivity index (χ2n) is 7.82. The Bertz CT molecular complexity index is 273. The van der Waals surface area contributed by atoms with Crippen LogP contribution < -0.4 is 5.73 Å². The summed E-state index contributed by atoms with van der Waals surface area (Å²) in [6, 6.07) is 0. The van der Waals surface area contributed by atoms with Crippen molar-refractivity contribution in [1.29, 1.82) is 0 Å². The van der Waals surface area contributed by atoms with Crippen LogP contribution in [0.25, 0.3) is 0 Å². The minimum atomic E-state index is 0.139. The molecule has 0 aliphatic heterocycles. The van der Waals surface area contributed by atoms with E-state index in [-0.39, 0.29) is 5.54 Å². The highest BCUT2D eigenvalue weighted by Gasteiger charge is 2.46. The van der Waals surface area contributed by atoms with E-state index in [9.17, 15) is 0 Å². The van der Waals surface area contributed by atoms with Crippen molar-refractivity contribution in [1.82, 2.24) is 0 Å². The normalized spacial score (nSPS) is 46.3. The van der Waals surface area contributed by atoms with Crippen molar-refractivity contribution in [3.8, 4) is 0 Å². The molecule has 2 aliphatic carbocycles. The zero-order chi connectivity index (χ0) is 13.3. The van der Waals surface area contributed by atoms with Crippen LogP contribution in [0.15, 0.2) is 0 Å². The lowest BCUT2D eigenvalue weighted by molar-refractivity contribution is 0.0312. The first-order valence-corrected chi connectivity index (χ1v) is 8.22. The Balaban J connectivity index is 2.17. The molecular formula is C17H33N. The second kappa shape index (κ2) is 5.53. The van der Waals surface area contributed by atoms with Gasteiger partial charge < -0.3 is 5.73 Å². The molecule has 5 unspecified atom stereocenters. The van der Waals surface area contributed by atoms with Crippen LogP contribution in [-0.2, 0) is 0 Å². The molecule has 5 atom stereocenters. The molecule has 2 N–H and O–H groups in total. The lowest BCUT2D eigenvalue weighted by atomic mass is 9.57. The summed E-state index contributed by atoms with van der Waals surface area (Å²) in [6.07, 6.45) is 9.62. The molecule has 0 spiro atoms. The van der Waals surface area contributed by atoms with Crippen molar-refractivity contribution in [2.45, 2.75) is 78.2 Å². The Morgan fingerprint density at radius 1 is 1.00 bits per heavy atom. The fourth-order valence-electron chi connectivity index (χ4n) is 4.94. The summed E-state index contributed by atoms with van der Waals surface area (Å²) in [4.78, 5) is 0. The van der Waals surface area contributed by atoms with Crippen molar-refractivity contribution in [2.75, 3.05) is 0 Å². The fourth-order valence-corrected chi connectivity index (χ4v) is 4.94. The molecule has 1 heteroatoms. The molecule has 0 heterocycles. The smallest absolute Gasteiger partial charge is 0.0216 e. The van der Waals surface area contributed by atoms with Crippen LogP contribution in [-0.4, -0.2) is 5.54 Å². The van der Waals surface area contributed by atoms with Gasteiger partial charge in [-0.05, 0) is 55.3 Å². The third-order valence-electron chi connectivity index (χ3n) is 5.86. The molecule has 2 rings (SSSR count). The molecule has 0 radical (unpaired) electrons. The van der Waals surface area contributed by atoms with Gasteiger partial charge in [0.05, 0.1) is 0 Å². The minimum absolute atomic E-state index is 0.139. The van der Waals surface area contributed by atoms with Crippen LogP contribution >= 0.6 is 0 Å². The van der Waals surface area contributed by atoms with E-state index in [4.69, 9.17) is 5.73 Å². The van der Waals surface area contributed by atoms with E-state index in [1.54, 1.807) is 0 Å². The lowest BCUT2D eigenvalue weighted by Gasteiger charge is -2.52. The molecule has 0 aromatic heterocycles. The number of hydrogen-bond acceptors (Lipinski definition) is 1. The van der Waals surface area contributed by atoms with Gasteiger partial charge in [-0.25, -0.2) is 0 Å². The zero-order valence-electron chi connectivity index (χ0n) is 12.9. The predicted octanol–water partition coefficient (Wildman–Crippen LogP) is 4.60. The van der Waals surface area contributed by atoms with Crippen molar-refractivity contribution in [3.05, 3.63) is 0 Å². The van der Waals surface area contributed by atoms with Gasteiger partial charge in [-0.15, -0.1) is 0 Å². The zero-order valence-corrected chi connectivity index (χ0v) is 12.9. The summed E-state index contributed by atoms with van der Waals surface area (Å²) in [5.41, 5.74) is 7.17. The summed E-state index contributed by atoms with van der Waals surface area (Å²) >= 11 is 0. The average Bonchev–Trinajstić information content (AvgIpc) is 2.28. The van der Waals surface area contributed by atoms with Gasteiger partial charge in [0.1, 0.15) is 0 Å². The molecule has 0 aromatic carbocycles. The highest BCUT2D eigenvalue weighted by Crippen LogP contribution is 2.48. The van der Waals surface area contributed by atoms with Gasteiger partial charge in [0.25, 0.3) is 0 Å². The van der Waals surface area contributed by atoms with E-state index >= 15 is 0 Å². The SMILES string of the molecule is CC1CCCC(C2(N)CC(C)CCC2C(C)C)C1. The molecule has 2 saturated carbocycles. The van der Waals surface area contributed by atoms with Gasteiger partial charge in [-0.1, -0.05) is 47.0 Å². The quantitative estimate of drug-likeness (QED) is 0.762. The van der Waals surface area contributed by atoms with E-state index in [0.717, 1.165) is 29.6 Å². The molecule has 2 aliphatic rings. The summed E-state index contributed by atoms with van der Waals surface area (Å²) < 4.78 is 0. The van der Waals surface area contributed by atoms with E-state index in [1.807, 2.05) is 0 Å². The second-order valence-corrected chi connectivity index (χ2v) is 7.82. The van der Waals surface area contributed by atoms with Gasteiger partial charge in [-0.2, -0.15) is 0 Å². The molecule has 18 heavy (non-hydrogen) atoms. The molecule has 1 nitrogen and oxygen atoms in total. The molecule has 2 fully saturated rings. The monoisotopic (exact) mass is 251 g/mol. The summed E-state index contributed by atoms with van der Waals surface area (Å²) in [5, 5.41) is 0. The van der Waals surface area contributed by atoms with Gasteiger partial charge in [0, 0.05) is 5.54 Å². The van der Waals surface area contributed by atoms with Crippen molar-refractivity contribution >= 4 is 0 Å². The van der Waals surface area contributed by atoms with Crippen molar-refractivity contribution in [2.24, 2.45) is 35.3 Å². The Labute approximate surface area is 114 Å². The first kappa shape index (κ1) is 14.4. The van der Waals surface area contributed by atoms with Crippen molar-refractivity contribution in [3.63, 3.8) is 0 Å². The largest absolute Gasteiger partial charge is 0.325 e. The average molecular weight is 251 g/mol. The number of rotatable bonds is 2. The van der Waals surface area contributed by atoms with Crippen LogP contribution in [0.3, 0.4) is 0 Å². The molecule has 106 valence electrons. The molecule has 0 bridgehead atoms. The van der Waals surface area contributed by atoms with Crippen LogP contribution in [0.1, 0.15) is 72.6 Å². The van der Waals surface area contributed by atoms with Crippen LogP contribution in [0.5, 0.6) is 0 Å².